The van der Waals surface area contributed by atoms with Crippen molar-refractivity contribution in [1.82, 2.24) is 9.97 Å². The topological polar surface area (TPSA) is 119 Å². The van der Waals surface area contributed by atoms with Crippen LogP contribution in [0.4, 0.5) is 5.82 Å². The van der Waals surface area contributed by atoms with E-state index in [1.807, 2.05) is 24.4 Å². The lowest BCUT2D eigenvalue weighted by atomic mass is 9.93. The first-order chi connectivity index (χ1) is 15.2. The van der Waals surface area contributed by atoms with Crippen LogP contribution in [0.2, 0.25) is 0 Å². The number of methoxy groups -OCH3 is 1. The third kappa shape index (κ3) is 4.81. The predicted octanol–water partition coefficient (Wildman–Crippen LogP) is 4.87. The summed E-state index contributed by atoms with van der Waals surface area (Å²) in [5, 5.41) is 1.78. The van der Waals surface area contributed by atoms with E-state index < -0.39 is 7.60 Å². The smallest absolute Gasteiger partial charge is 0.349 e. The van der Waals surface area contributed by atoms with Crippen molar-refractivity contribution < 1.29 is 19.1 Å². The van der Waals surface area contributed by atoms with Gasteiger partial charge in [-0.25, -0.2) is 4.98 Å². The first-order valence-corrected chi connectivity index (χ1v) is 11.8. The first kappa shape index (κ1) is 22.0. The van der Waals surface area contributed by atoms with Crippen LogP contribution in [0, 0.1) is 0 Å². The number of pyridine rings is 2. The number of fused-ring (bicyclic) bond motifs is 3. The van der Waals surface area contributed by atoms with E-state index in [1.54, 1.807) is 19.2 Å². The summed E-state index contributed by atoms with van der Waals surface area (Å²) in [7, 11) is -2.58. The van der Waals surface area contributed by atoms with Gasteiger partial charge in [0.25, 0.3) is 0 Å². The van der Waals surface area contributed by atoms with Crippen LogP contribution in [0.5, 0.6) is 5.75 Å². The second-order valence-electron chi connectivity index (χ2n) is 7.80. The van der Waals surface area contributed by atoms with Crippen LogP contribution in [0.3, 0.4) is 0 Å². The van der Waals surface area contributed by atoms with Crippen LogP contribution in [0.25, 0.3) is 27.9 Å². The molecule has 0 amide bonds. The molecule has 0 aliphatic carbocycles. The Labute approximate surface area is 185 Å². The fourth-order valence-corrected chi connectivity index (χ4v) is 4.10. The summed E-state index contributed by atoms with van der Waals surface area (Å²) in [6, 6.07) is 15.6. The molecule has 4 aromatic rings. The zero-order valence-corrected chi connectivity index (χ0v) is 18.7. The van der Waals surface area contributed by atoms with Crippen molar-refractivity contribution in [3.63, 3.8) is 0 Å². The summed E-state index contributed by atoms with van der Waals surface area (Å²) in [4.78, 5) is 27.2. The van der Waals surface area contributed by atoms with Crippen LogP contribution in [-0.4, -0.2) is 26.9 Å². The minimum atomic E-state index is -4.23. The van der Waals surface area contributed by atoms with E-state index in [0.717, 1.165) is 34.3 Å². The number of nitrogen functional groups attached to an aromatic ring is 1. The third-order valence-electron chi connectivity index (χ3n) is 5.44. The Bertz CT molecular complexity index is 1360. The summed E-state index contributed by atoms with van der Waals surface area (Å²) in [6.45, 7) is 2.16. The largest absolute Gasteiger partial charge is 0.497 e. The highest BCUT2D eigenvalue weighted by atomic mass is 31.2. The lowest BCUT2D eigenvalue weighted by Gasteiger charge is -2.14. The maximum atomic E-state index is 11.1. The van der Waals surface area contributed by atoms with E-state index in [2.05, 4.69) is 35.1 Å². The Morgan fingerprint density at radius 2 is 1.88 bits per heavy atom. The van der Waals surface area contributed by atoms with E-state index in [0.29, 0.717) is 22.4 Å². The Kier molecular flexibility index (Phi) is 5.98. The molecule has 1 atom stereocenters. The van der Waals surface area contributed by atoms with Crippen molar-refractivity contribution in [1.29, 1.82) is 0 Å². The van der Waals surface area contributed by atoms with Gasteiger partial charge in [-0.05, 0) is 59.4 Å². The summed E-state index contributed by atoms with van der Waals surface area (Å²) < 4.78 is 16.3. The fraction of sp³-hybridized carbons (Fsp3) is 0.167. The Morgan fingerprint density at radius 1 is 1.12 bits per heavy atom. The highest BCUT2D eigenvalue weighted by molar-refractivity contribution is 7.55. The van der Waals surface area contributed by atoms with Gasteiger partial charge in [0.1, 0.15) is 11.3 Å². The number of hydrogen-bond donors (Lipinski definition) is 3. The molecule has 2 heterocycles. The van der Waals surface area contributed by atoms with Crippen molar-refractivity contribution in [3.8, 4) is 5.75 Å². The third-order valence-corrected chi connectivity index (χ3v) is 5.97. The number of hydrogen-bond acceptors (Lipinski definition) is 5. The average molecular weight is 449 g/mol. The number of nitrogens with two attached hydrogens (primary N) is 1. The molecule has 8 heteroatoms. The van der Waals surface area contributed by atoms with Gasteiger partial charge in [0.15, 0.2) is 5.82 Å². The molecule has 2 aromatic heterocycles. The number of benzene rings is 2. The normalized spacial score (nSPS) is 13.1. The average Bonchev–Trinajstić information content (AvgIpc) is 2.77. The van der Waals surface area contributed by atoms with Gasteiger partial charge in [-0.3, -0.25) is 9.55 Å². The molecule has 0 saturated heterocycles. The molecule has 0 bridgehead atoms. The Morgan fingerprint density at radius 3 is 2.56 bits per heavy atom. The van der Waals surface area contributed by atoms with Crippen molar-refractivity contribution in [2.24, 2.45) is 0 Å². The van der Waals surface area contributed by atoms with Gasteiger partial charge in [-0.15, -0.1) is 0 Å². The molecule has 4 rings (SSSR count). The molecular formula is C24H24N3O4P. The van der Waals surface area contributed by atoms with Crippen LogP contribution < -0.4 is 10.5 Å². The highest BCUT2D eigenvalue weighted by Crippen LogP contribution is 2.37. The second-order valence-corrected chi connectivity index (χ2v) is 9.27. The molecule has 0 aliphatic heterocycles. The van der Waals surface area contributed by atoms with Gasteiger partial charge in [0.05, 0.1) is 12.6 Å². The molecular weight excluding hydrogens is 425 g/mol. The van der Waals surface area contributed by atoms with Crippen molar-refractivity contribution in [3.05, 3.63) is 77.2 Å². The molecule has 32 heavy (non-hydrogen) atoms. The number of ether oxygens (including phenoxy) is 1. The Balaban J connectivity index is 1.71. The molecule has 7 nitrogen and oxygen atoms in total. The number of anilines is 1. The molecule has 4 N–H and O–H groups in total. The van der Waals surface area contributed by atoms with E-state index in [1.165, 1.54) is 11.6 Å². The fourth-order valence-electron chi connectivity index (χ4n) is 3.73. The van der Waals surface area contributed by atoms with E-state index in [4.69, 9.17) is 20.3 Å². The SMILES string of the molecule is COc1ccc(CC(C)c2cnc3c(N)nc4cc(/C=C/P(=O)(O)O)ccc4c3c2)cc1. The number of aromatic nitrogens is 2. The van der Waals surface area contributed by atoms with Crippen molar-refractivity contribution in [2.75, 3.05) is 12.8 Å². The monoisotopic (exact) mass is 449 g/mol. The van der Waals surface area contributed by atoms with Crippen LogP contribution >= 0.6 is 7.60 Å². The molecule has 0 saturated carbocycles. The van der Waals surface area contributed by atoms with E-state index in [9.17, 15) is 4.57 Å². The van der Waals surface area contributed by atoms with E-state index in [-0.39, 0.29) is 5.92 Å². The van der Waals surface area contributed by atoms with Crippen molar-refractivity contribution >= 4 is 41.3 Å². The van der Waals surface area contributed by atoms with Crippen LogP contribution in [-0.2, 0) is 11.0 Å². The zero-order chi connectivity index (χ0) is 22.9. The first-order valence-electron chi connectivity index (χ1n) is 10.1. The summed E-state index contributed by atoms with van der Waals surface area (Å²) in [6.07, 6.45) is 4.08. The summed E-state index contributed by atoms with van der Waals surface area (Å²) in [5.74, 6) is 2.26. The van der Waals surface area contributed by atoms with Gasteiger partial charge in [0.2, 0.25) is 0 Å². The lowest BCUT2D eigenvalue weighted by molar-refractivity contribution is 0.386. The minimum absolute atomic E-state index is 0.232. The summed E-state index contributed by atoms with van der Waals surface area (Å²) in [5.41, 5.74) is 10.4. The van der Waals surface area contributed by atoms with Gasteiger partial charge >= 0.3 is 7.60 Å². The van der Waals surface area contributed by atoms with Gasteiger partial charge in [-0.2, -0.15) is 0 Å². The predicted molar refractivity (Wildman–Crippen MR) is 128 cm³/mol. The number of rotatable bonds is 6. The van der Waals surface area contributed by atoms with Gasteiger partial charge < -0.3 is 20.3 Å². The number of nitrogens with zero attached hydrogens (tertiary/aromatic N) is 2. The highest BCUT2D eigenvalue weighted by Gasteiger charge is 2.13. The maximum absolute atomic E-state index is 11.1. The van der Waals surface area contributed by atoms with E-state index >= 15 is 0 Å². The lowest BCUT2D eigenvalue weighted by Crippen LogP contribution is -2.01. The molecule has 1 unspecified atom stereocenters. The molecule has 164 valence electrons. The molecule has 0 radical (unpaired) electrons. The van der Waals surface area contributed by atoms with Gasteiger partial charge in [0, 0.05) is 22.8 Å². The quantitative estimate of drug-likeness (QED) is 0.284. The summed E-state index contributed by atoms with van der Waals surface area (Å²) >= 11 is 0. The van der Waals surface area contributed by atoms with Crippen LogP contribution in [0.15, 0.2) is 60.5 Å². The zero-order valence-electron chi connectivity index (χ0n) is 17.8. The molecule has 0 spiro atoms. The van der Waals surface area contributed by atoms with Crippen molar-refractivity contribution in [2.45, 2.75) is 19.3 Å². The molecule has 2 aromatic carbocycles. The van der Waals surface area contributed by atoms with Gasteiger partial charge in [-0.1, -0.05) is 31.2 Å². The Hall–Kier alpha value is -3.25. The molecule has 0 aliphatic rings. The maximum Gasteiger partial charge on any atom is 0.349 e. The standard InChI is InChI=1S/C24H24N3O4P/c1-15(11-16-3-6-19(31-2)7-4-16)18-13-21-20-8-5-17(9-10-32(28,29)30)12-22(20)27-24(25)23(21)26-14-18/h3-10,12-15H,11H2,1-2H3,(H2,25,27)(H2,28,29,30)/b10-9+. The van der Waals surface area contributed by atoms with Crippen LogP contribution in [0.1, 0.15) is 29.5 Å². The minimum Gasteiger partial charge on any atom is -0.497 e. The second kappa shape index (κ2) is 8.71. The molecule has 0 fully saturated rings.